The number of nitrogens with one attached hydrogen (secondary N) is 2. The van der Waals surface area contributed by atoms with Gasteiger partial charge in [0.1, 0.15) is 17.4 Å². The maximum atomic E-state index is 12.6. The quantitative estimate of drug-likeness (QED) is 0.353. The second kappa shape index (κ2) is 11.0. The van der Waals surface area contributed by atoms with Gasteiger partial charge in [0.15, 0.2) is 6.61 Å². The number of nitriles is 1. The van der Waals surface area contributed by atoms with E-state index in [0.717, 1.165) is 0 Å². The lowest BCUT2D eigenvalue weighted by Crippen LogP contribution is -2.20. The predicted molar refractivity (Wildman–Crippen MR) is 126 cm³/mol. The van der Waals surface area contributed by atoms with E-state index in [0.29, 0.717) is 27.0 Å². The summed E-state index contributed by atoms with van der Waals surface area (Å²) in [4.78, 5) is 24.7. The molecule has 3 rings (SSSR count). The molecule has 2 amide bonds. The zero-order chi connectivity index (χ0) is 22.9. The van der Waals surface area contributed by atoms with Crippen molar-refractivity contribution in [3.63, 3.8) is 0 Å². The Labute approximate surface area is 195 Å². The molecule has 3 aromatic rings. The third-order valence-electron chi connectivity index (χ3n) is 4.18. The van der Waals surface area contributed by atoms with E-state index in [2.05, 4.69) is 10.6 Å². The fourth-order valence-corrected chi connectivity index (χ4v) is 3.05. The van der Waals surface area contributed by atoms with Gasteiger partial charge in [-0.25, -0.2) is 0 Å². The molecule has 6 nitrogen and oxygen atoms in total. The topological polar surface area (TPSA) is 91.2 Å². The van der Waals surface area contributed by atoms with Crippen molar-refractivity contribution >= 4 is 52.5 Å². The molecule has 160 valence electrons. The standard InChI is InChI=1S/C24H17Cl2N3O3/c25-18-10-11-22(32-15-23(30)28-19-6-2-1-3-7-19)16(13-18)12-17(14-27)24(31)29-21-9-5-4-8-20(21)26/h1-13H,15H2,(H,28,30)(H,29,31)/b17-12+. The van der Waals surface area contributed by atoms with Crippen LogP contribution in [0, 0.1) is 11.3 Å². The maximum absolute atomic E-state index is 12.6. The van der Waals surface area contributed by atoms with E-state index < -0.39 is 5.91 Å². The number of carbonyl (C=O) groups excluding carboxylic acids is 2. The minimum absolute atomic E-state index is 0.189. The highest BCUT2D eigenvalue weighted by Gasteiger charge is 2.14. The first-order chi connectivity index (χ1) is 15.5. The van der Waals surface area contributed by atoms with Crippen molar-refractivity contribution in [2.45, 2.75) is 0 Å². The highest BCUT2D eigenvalue weighted by atomic mass is 35.5. The van der Waals surface area contributed by atoms with Gasteiger partial charge in [-0.3, -0.25) is 9.59 Å². The number of anilines is 2. The Hall–Kier alpha value is -3.79. The van der Waals surface area contributed by atoms with Gasteiger partial charge in [-0.05, 0) is 48.5 Å². The number of carbonyl (C=O) groups is 2. The van der Waals surface area contributed by atoms with Crippen molar-refractivity contribution in [2.24, 2.45) is 0 Å². The van der Waals surface area contributed by atoms with Crippen LogP contribution in [0.2, 0.25) is 10.0 Å². The molecule has 0 aliphatic carbocycles. The van der Waals surface area contributed by atoms with Gasteiger partial charge in [0, 0.05) is 16.3 Å². The Morgan fingerprint density at radius 1 is 0.969 bits per heavy atom. The molecule has 0 fully saturated rings. The number of benzene rings is 3. The lowest BCUT2D eigenvalue weighted by atomic mass is 10.1. The van der Waals surface area contributed by atoms with Crippen molar-refractivity contribution < 1.29 is 14.3 Å². The van der Waals surface area contributed by atoms with Crippen molar-refractivity contribution in [1.29, 1.82) is 5.26 Å². The molecule has 8 heteroatoms. The Morgan fingerprint density at radius 3 is 2.41 bits per heavy atom. The monoisotopic (exact) mass is 465 g/mol. The number of hydrogen-bond acceptors (Lipinski definition) is 4. The molecule has 0 spiro atoms. The van der Waals surface area contributed by atoms with E-state index in [-0.39, 0.29) is 23.8 Å². The largest absolute Gasteiger partial charge is 0.483 e. The number of ether oxygens (including phenoxy) is 1. The van der Waals surface area contributed by atoms with E-state index in [1.54, 1.807) is 60.7 Å². The minimum atomic E-state index is -0.645. The molecule has 0 aromatic heterocycles. The second-order valence-corrected chi connectivity index (χ2v) is 7.33. The molecule has 0 unspecified atom stereocenters. The summed E-state index contributed by atoms with van der Waals surface area (Å²) in [5.41, 5.74) is 1.20. The van der Waals surface area contributed by atoms with Gasteiger partial charge >= 0.3 is 0 Å². The number of amides is 2. The first-order valence-corrected chi connectivity index (χ1v) is 10.2. The van der Waals surface area contributed by atoms with Crippen molar-refractivity contribution in [1.82, 2.24) is 0 Å². The van der Waals surface area contributed by atoms with Gasteiger partial charge < -0.3 is 15.4 Å². The summed E-state index contributed by atoms with van der Waals surface area (Å²) in [6.45, 7) is -0.273. The molecule has 0 bridgehead atoms. The average Bonchev–Trinajstić information content (AvgIpc) is 2.79. The summed E-state index contributed by atoms with van der Waals surface area (Å²) < 4.78 is 5.61. The van der Waals surface area contributed by atoms with Crippen LogP contribution < -0.4 is 15.4 Å². The molecule has 0 aliphatic heterocycles. The highest BCUT2D eigenvalue weighted by Crippen LogP contribution is 2.26. The molecule has 0 aliphatic rings. The van der Waals surface area contributed by atoms with Gasteiger partial charge in [0.2, 0.25) is 0 Å². The summed E-state index contributed by atoms with van der Waals surface area (Å²) >= 11 is 12.1. The van der Waals surface area contributed by atoms with E-state index in [1.165, 1.54) is 12.1 Å². The molecule has 0 saturated carbocycles. The molecule has 0 atom stereocenters. The summed E-state index contributed by atoms with van der Waals surface area (Å²) in [5, 5.41) is 15.5. The Morgan fingerprint density at radius 2 is 1.69 bits per heavy atom. The Balaban J connectivity index is 1.76. The lowest BCUT2D eigenvalue weighted by molar-refractivity contribution is -0.118. The second-order valence-electron chi connectivity index (χ2n) is 6.49. The molecule has 0 radical (unpaired) electrons. The third kappa shape index (κ3) is 6.35. The Kier molecular flexibility index (Phi) is 7.87. The number of halogens is 2. The van der Waals surface area contributed by atoms with Crippen LogP contribution in [0.4, 0.5) is 11.4 Å². The van der Waals surface area contributed by atoms with Crippen LogP contribution in [0.15, 0.2) is 78.4 Å². The van der Waals surface area contributed by atoms with Crippen LogP contribution in [0.25, 0.3) is 6.08 Å². The maximum Gasteiger partial charge on any atom is 0.266 e. The third-order valence-corrected chi connectivity index (χ3v) is 4.74. The van der Waals surface area contributed by atoms with Crippen LogP contribution in [0.3, 0.4) is 0 Å². The number of rotatable bonds is 7. The van der Waals surface area contributed by atoms with Gasteiger partial charge in [0.05, 0.1) is 10.7 Å². The van der Waals surface area contributed by atoms with Crippen molar-refractivity contribution in [2.75, 3.05) is 17.2 Å². The van der Waals surface area contributed by atoms with Crippen LogP contribution in [0.5, 0.6) is 5.75 Å². The molecular formula is C24H17Cl2N3O3. The molecule has 0 saturated heterocycles. The minimum Gasteiger partial charge on any atom is -0.483 e. The van der Waals surface area contributed by atoms with Crippen LogP contribution in [0.1, 0.15) is 5.56 Å². The van der Waals surface area contributed by atoms with Crippen LogP contribution in [-0.2, 0) is 9.59 Å². The summed E-state index contributed by atoms with van der Waals surface area (Å²) in [5.74, 6) is -0.720. The van der Waals surface area contributed by atoms with E-state index in [9.17, 15) is 14.9 Å². The van der Waals surface area contributed by atoms with Crippen LogP contribution >= 0.6 is 23.2 Å². The van der Waals surface area contributed by atoms with Crippen molar-refractivity contribution in [3.05, 3.63) is 94.0 Å². The molecule has 3 aromatic carbocycles. The van der Waals surface area contributed by atoms with Gasteiger partial charge in [-0.15, -0.1) is 0 Å². The summed E-state index contributed by atoms with van der Waals surface area (Å²) in [6.07, 6.45) is 1.34. The number of nitrogens with zero attached hydrogens (tertiary/aromatic N) is 1. The van der Waals surface area contributed by atoms with E-state index in [4.69, 9.17) is 27.9 Å². The molecule has 2 N–H and O–H groups in total. The summed E-state index contributed by atoms with van der Waals surface area (Å²) in [6, 6.07) is 22.2. The highest BCUT2D eigenvalue weighted by molar-refractivity contribution is 6.34. The van der Waals surface area contributed by atoms with E-state index >= 15 is 0 Å². The molecule has 0 heterocycles. The first kappa shape index (κ1) is 22.9. The molecular weight excluding hydrogens is 449 g/mol. The predicted octanol–water partition coefficient (Wildman–Crippen LogP) is 5.56. The average molecular weight is 466 g/mol. The number of para-hydroxylation sites is 2. The SMILES string of the molecule is N#C/C(=C\c1cc(Cl)ccc1OCC(=O)Nc1ccccc1)C(=O)Nc1ccccc1Cl. The van der Waals surface area contributed by atoms with Gasteiger partial charge in [-0.1, -0.05) is 53.5 Å². The zero-order valence-electron chi connectivity index (χ0n) is 16.6. The van der Waals surface area contributed by atoms with E-state index in [1.807, 2.05) is 12.1 Å². The smallest absolute Gasteiger partial charge is 0.266 e. The lowest BCUT2D eigenvalue weighted by Gasteiger charge is -2.11. The first-order valence-electron chi connectivity index (χ1n) is 9.41. The fraction of sp³-hybridized carbons (Fsp3) is 0.0417. The van der Waals surface area contributed by atoms with Gasteiger partial charge in [0.25, 0.3) is 11.8 Å². The molecule has 32 heavy (non-hydrogen) atoms. The Bertz CT molecular complexity index is 1200. The van der Waals surface area contributed by atoms with Gasteiger partial charge in [-0.2, -0.15) is 5.26 Å². The zero-order valence-corrected chi connectivity index (χ0v) is 18.2. The summed E-state index contributed by atoms with van der Waals surface area (Å²) in [7, 11) is 0. The fourth-order valence-electron chi connectivity index (χ4n) is 2.68. The van der Waals surface area contributed by atoms with Crippen molar-refractivity contribution in [3.8, 4) is 11.8 Å². The van der Waals surface area contributed by atoms with Crippen LogP contribution in [-0.4, -0.2) is 18.4 Å². The normalized spacial score (nSPS) is 10.7. The number of hydrogen-bond donors (Lipinski definition) is 2.